The lowest BCUT2D eigenvalue weighted by Crippen LogP contribution is -2.18. The second-order valence-electron chi connectivity index (χ2n) is 3.52. The van der Waals surface area contributed by atoms with E-state index in [9.17, 15) is 17.6 Å². The average molecular weight is 295 g/mol. The van der Waals surface area contributed by atoms with Crippen LogP contribution in [0.2, 0.25) is 0 Å². The summed E-state index contributed by atoms with van der Waals surface area (Å²) >= 11 is 5.40. The lowest BCUT2D eigenvalue weighted by atomic mass is 10.2. The second kappa shape index (κ2) is 6.01. The van der Waals surface area contributed by atoms with Crippen molar-refractivity contribution in [1.29, 1.82) is 0 Å². The number of hydrogen-bond acceptors (Lipinski definition) is 3. The van der Waals surface area contributed by atoms with Crippen LogP contribution in [0.15, 0.2) is 18.2 Å². The molecule has 18 heavy (non-hydrogen) atoms. The number of halogens is 2. The summed E-state index contributed by atoms with van der Waals surface area (Å²) in [5.41, 5.74) is 4.67. The number of benzene rings is 1. The molecule has 0 aromatic heterocycles. The van der Waals surface area contributed by atoms with Gasteiger partial charge < -0.3 is 5.73 Å². The highest BCUT2D eigenvalue weighted by Gasteiger charge is 2.13. The Kier molecular flexibility index (Phi) is 4.92. The topological polar surface area (TPSA) is 89.3 Å². The number of carbonyl (C=O) groups excluding carboxylic acids is 1. The molecule has 0 aliphatic carbocycles. The van der Waals surface area contributed by atoms with Gasteiger partial charge in [-0.1, -0.05) is 0 Å². The van der Waals surface area contributed by atoms with E-state index in [2.05, 4.69) is 4.72 Å². The number of primary amides is 1. The van der Waals surface area contributed by atoms with Crippen molar-refractivity contribution in [3.63, 3.8) is 0 Å². The highest BCUT2D eigenvalue weighted by molar-refractivity contribution is 7.92. The average Bonchev–Trinajstić information content (AvgIpc) is 2.28. The van der Waals surface area contributed by atoms with Gasteiger partial charge in [-0.15, -0.1) is 11.6 Å². The number of alkyl halides is 1. The zero-order valence-corrected chi connectivity index (χ0v) is 10.9. The van der Waals surface area contributed by atoms with Crippen molar-refractivity contribution in [2.45, 2.75) is 6.42 Å². The predicted molar refractivity (Wildman–Crippen MR) is 67.7 cm³/mol. The van der Waals surface area contributed by atoms with Gasteiger partial charge in [0, 0.05) is 11.6 Å². The molecule has 0 bridgehead atoms. The standard InChI is InChI=1S/C10H12ClFN2O3S/c11-4-1-5-18(16,17)14-7-2-3-9(12)8(6-7)10(13)15/h2-3,6,14H,1,4-5H2,(H2,13,15). The van der Waals surface area contributed by atoms with Crippen LogP contribution in [0, 0.1) is 5.82 Å². The first-order valence-electron chi connectivity index (χ1n) is 5.01. The molecule has 0 radical (unpaired) electrons. The van der Waals surface area contributed by atoms with Crippen LogP contribution in [0.4, 0.5) is 10.1 Å². The molecule has 0 saturated heterocycles. The van der Waals surface area contributed by atoms with Crippen LogP contribution in [0.1, 0.15) is 16.8 Å². The Hall–Kier alpha value is -1.34. The van der Waals surface area contributed by atoms with E-state index in [-0.39, 0.29) is 22.9 Å². The lowest BCUT2D eigenvalue weighted by molar-refractivity contribution is 0.0996. The Balaban J connectivity index is 2.92. The molecule has 0 saturated carbocycles. The van der Waals surface area contributed by atoms with Gasteiger partial charge in [0.25, 0.3) is 5.91 Å². The molecule has 0 aliphatic rings. The SMILES string of the molecule is NC(=O)c1cc(NS(=O)(=O)CCCCl)ccc1F. The van der Waals surface area contributed by atoms with Crippen molar-refractivity contribution >= 4 is 33.2 Å². The van der Waals surface area contributed by atoms with Gasteiger partial charge in [-0.05, 0) is 24.6 Å². The summed E-state index contributed by atoms with van der Waals surface area (Å²) in [6, 6.07) is 3.23. The molecule has 1 rings (SSSR count). The zero-order valence-electron chi connectivity index (χ0n) is 9.32. The fourth-order valence-electron chi connectivity index (χ4n) is 1.25. The Bertz CT molecular complexity index is 548. The molecule has 8 heteroatoms. The monoisotopic (exact) mass is 294 g/mol. The van der Waals surface area contributed by atoms with Crippen molar-refractivity contribution in [2.75, 3.05) is 16.4 Å². The lowest BCUT2D eigenvalue weighted by Gasteiger charge is -2.08. The van der Waals surface area contributed by atoms with Crippen LogP contribution in [0.25, 0.3) is 0 Å². The number of hydrogen-bond donors (Lipinski definition) is 2. The van der Waals surface area contributed by atoms with Gasteiger partial charge in [0.1, 0.15) is 5.82 Å². The first kappa shape index (κ1) is 14.7. The summed E-state index contributed by atoms with van der Waals surface area (Å²) in [6.07, 6.45) is 0.292. The van der Waals surface area contributed by atoms with Crippen LogP contribution in [0.5, 0.6) is 0 Å². The summed E-state index contributed by atoms with van der Waals surface area (Å²) in [4.78, 5) is 10.9. The van der Waals surface area contributed by atoms with E-state index in [1.54, 1.807) is 0 Å². The normalized spacial score (nSPS) is 11.2. The van der Waals surface area contributed by atoms with E-state index < -0.39 is 21.7 Å². The Morgan fingerprint density at radius 3 is 2.67 bits per heavy atom. The van der Waals surface area contributed by atoms with E-state index in [1.165, 1.54) is 6.07 Å². The maximum absolute atomic E-state index is 13.2. The van der Waals surface area contributed by atoms with E-state index in [4.69, 9.17) is 17.3 Å². The quantitative estimate of drug-likeness (QED) is 0.775. The molecular formula is C10H12ClFN2O3S. The number of nitrogens with two attached hydrogens (primary N) is 1. The van der Waals surface area contributed by atoms with E-state index in [0.717, 1.165) is 12.1 Å². The Morgan fingerprint density at radius 2 is 2.11 bits per heavy atom. The highest BCUT2D eigenvalue weighted by atomic mass is 35.5. The third-order valence-corrected chi connectivity index (χ3v) is 3.69. The van der Waals surface area contributed by atoms with E-state index in [1.807, 2.05) is 0 Å². The smallest absolute Gasteiger partial charge is 0.251 e. The summed E-state index contributed by atoms with van der Waals surface area (Å²) in [7, 11) is -3.56. The summed E-state index contributed by atoms with van der Waals surface area (Å²) in [5.74, 6) is -1.70. The third kappa shape index (κ3) is 4.15. The molecule has 5 nitrogen and oxygen atoms in total. The van der Waals surface area contributed by atoms with Gasteiger partial charge in [0.2, 0.25) is 10.0 Å². The molecule has 0 spiro atoms. The second-order valence-corrected chi connectivity index (χ2v) is 5.74. The zero-order chi connectivity index (χ0) is 13.8. The van der Waals surface area contributed by atoms with Gasteiger partial charge in [-0.2, -0.15) is 0 Å². The van der Waals surface area contributed by atoms with Crippen LogP contribution in [0.3, 0.4) is 0 Å². The van der Waals surface area contributed by atoms with Crippen molar-refractivity contribution < 1.29 is 17.6 Å². The fraction of sp³-hybridized carbons (Fsp3) is 0.300. The number of amides is 1. The molecule has 0 atom stereocenters. The Labute approximate surface area is 109 Å². The summed E-state index contributed by atoms with van der Waals surface area (Å²) in [6.45, 7) is 0. The number of rotatable bonds is 6. The van der Waals surface area contributed by atoms with Crippen LogP contribution in [-0.4, -0.2) is 26.0 Å². The number of nitrogens with one attached hydrogen (secondary N) is 1. The Morgan fingerprint density at radius 1 is 1.44 bits per heavy atom. The molecule has 1 aromatic carbocycles. The first-order valence-corrected chi connectivity index (χ1v) is 7.20. The van der Waals surface area contributed by atoms with Gasteiger partial charge in [0.15, 0.2) is 0 Å². The van der Waals surface area contributed by atoms with Gasteiger partial charge >= 0.3 is 0 Å². The van der Waals surface area contributed by atoms with Crippen molar-refractivity contribution in [2.24, 2.45) is 5.73 Å². The van der Waals surface area contributed by atoms with Crippen molar-refractivity contribution in [3.05, 3.63) is 29.6 Å². The minimum atomic E-state index is -3.56. The molecule has 0 aliphatic heterocycles. The molecule has 0 fully saturated rings. The maximum atomic E-state index is 13.2. The predicted octanol–water partition coefficient (Wildman–Crippen LogP) is 1.30. The highest BCUT2D eigenvalue weighted by Crippen LogP contribution is 2.16. The fourth-order valence-corrected chi connectivity index (χ4v) is 2.66. The van der Waals surface area contributed by atoms with Crippen molar-refractivity contribution in [3.8, 4) is 0 Å². The van der Waals surface area contributed by atoms with Crippen molar-refractivity contribution in [1.82, 2.24) is 0 Å². The largest absolute Gasteiger partial charge is 0.366 e. The van der Waals surface area contributed by atoms with Crippen LogP contribution in [-0.2, 0) is 10.0 Å². The molecule has 1 aromatic rings. The van der Waals surface area contributed by atoms with Gasteiger partial charge in [0.05, 0.1) is 11.3 Å². The molecular weight excluding hydrogens is 283 g/mol. The molecule has 100 valence electrons. The first-order chi connectivity index (χ1) is 8.35. The summed E-state index contributed by atoms with van der Waals surface area (Å²) in [5, 5.41) is 0. The van der Waals surface area contributed by atoms with Crippen LogP contribution >= 0.6 is 11.6 Å². The minimum Gasteiger partial charge on any atom is -0.366 e. The summed E-state index contributed by atoms with van der Waals surface area (Å²) < 4.78 is 38.5. The number of anilines is 1. The van der Waals surface area contributed by atoms with Gasteiger partial charge in [-0.3, -0.25) is 9.52 Å². The van der Waals surface area contributed by atoms with E-state index >= 15 is 0 Å². The third-order valence-electron chi connectivity index (χ3n) is 2.05. The molecule has 1 amide bonds. The number of sulfonamides is 1. The molecule has 0 unspecified atom stereocenters. The van der Waals surface area contributed by atoms with E-state index in [0.29, 0.717) is 6.42 Å². The van der Waals surface area contributed by atoms with Gasteiger partial charge in [-0.25, -0.2) is 12.8 Å². The molecule has 0 heterocycles. The molecule has 3 N–H and O–H groups in total. The minimum absolute atomic E-state index is 0.0831. The maximum Gasteiger partial charge on any atom is 0.251 e. The van der Waals surface area contributed by atoms with Crippen LogP contribution < -0.4 is 10.5 Å². The number of carbonyl (C=O) groups is 1.